The molecule has 2 N–H and O–H groups in total. The molecule has 26 heavy (non-hydrogen) atoms. The SMILES string of the molecule is Cc1cc2c(cc1C)N(CCNCc1ccccc1)c1ncncc1N2. The van der Waals surface area contributed by atoms with E-state index in [2.05, 4.69) is 75.7 Å². The number of nitrogens with one attached hydrogen (secondary N) is 2. The van der Waals surface area contributed by atoms with E-state index in [-0.39, 0.29) is 0 Å². The Balaban J connectivity index is 1.54. The summed E-state index contributed by atoms with van der Waals surface area (Å²) in [5.74, 6) is 0.928. The van der Waals surface area contributed by atoms with Crippen LogP contribution in [-0.4, -0.2) is 23.1 Å². The number of hydrogen-bond donors (Lipinski definition) is 2. The van der Waals surface area contributed by atoms with Crippen molar-refractivity contribution in [3.8, 4) is 0 Å². The van der Waals surface area contributed by atoms with Gasteiger partial charge in [0.25, 0.3) is 0 Å². The molecular weight excluding hydrogens is 322 g/mol. The zero-order valence-corrected chi connectivity index (χ0v) is 15.2. The topological polar surface area (TPSA) is 53.1 Å². The van der Waals surface area contributed by atoms with Crippen LogP contribution in [0.5, 0.6) is 0 Å². The second-order valence-corrected chi connectivity index (χ2v) is 6.65. The summed E-state index contributed by atoms with van der Waals surface area (Å²) in [6.07, 6.45) is 3.45. The minimum Gasteiger partial charge on any atom is -0.350 e. The normalized spacial score (nSPS) is 12.3. The summed E-state index contributed by atoms with van der Waals surface area (Å²) in [5.41, 5.74) is 7.08. The van der Waals surface area contributed by atoms with Gasteiger partial charge in [0, 0.05) is 19.6 Å². The molecule has 132 valence electrons. The maximum atomic E-state index is 4.51. The predicted molar refractivity (Wildman–Crippen MR) is 106 cm³/mol. The van der Waals surface area contributed by atoms with E-state index in [1.807, 2.05) is 12.3 Å². The standard InChI is InChI=1S/C21H23N5/c1-15-10-18-20(11-16(15)2)26(21-19(25-18)13-23-14-24-21)9-8-22-12-17-6-4-3-5-7-17/h3-7,10-11,13-14,22,25H,8-9,12H2,1-2H3. The first-order valence-electron chi connectivity index (χ1n) is 8.93. The lowest BCUT2D eigenvalue weighted by atomic mass is 10.0. The van der Waals surface area contributed by atoms with E-state index >= 15 is 0 Å². The highest BCUT2D eigenvalue weighted by Crippen LogP contribution is 2.42. The fourth-order valence-electron chi connectivity index (χ4n) is 3.26. The van der Waals surface area contributed by atoms with Crippen LogP contribution in [0, 0.1) is 13.8 Å². The van der Waals surface area contributed by atoms with Crippen LogP contribution < -0.4 is 15.5 Å². The number of aryl methyl sites for hydroxylation is 2. The average molecular weight is 345 g/mol. The van der Waals surface area contributed by atoms with Crippen LogP contribution in [0.4, 0.5) is 22.9 Å². The molecule has 2 heterocycles. The third-order valence-electron chi connectivity index (χ3n) is 4.80. The molecule has 1 aliphatic rings. The molecule has 4 rings (SSSR count). The van der Waals surface area contributed by atoms with Crippen LogP contribution in [0.15, 0.2) is 55.0 Å². The van der Waals surface area contributed by atoms with E-state index in [1.54, 1.807) is 6.33 Å². The molecular formula is C21H23N5. The molecule has 0 aliphatic carbocycles. The number of nitrogens with zero attached hydrogens (tertiary/aromatic N) is 3. The molecule has 0 radical (unpaired) electrons. The maximum absolute atomic E-state index is 4.51. The summed E-state index contributed by atoms with van der Waals surface area (Å²) < 4.78 is 0. The number of anilines is 4. The smallest absolute Gasteiger partial charge is 0.160 e. The van der Waals surface area contributed by atoms with Gasteiger partial charge in [0.15, 0.2) is 5.82 Å². The number of rotatable bonds is 5. The summed E-state index contributed by atoms with van der Waals surface area (Å²) in [7, 11) is 0. The molecule has 0 unspecified atom stereocenters. The molecule has 0 amide bonds. The Morgan fingerprint density at radius 3 is 2.69 bits per heavy atom. The van der Waals surface area contributed by atoms with Crippen molar-refractivity contribution in [1.29, 1.82) is 0 Å². The fraction of sp³-hybridized carbons (Fsp3) is 0.238. The summed E-state index contributed by atoms with van der Waals surface area (Å²) >= 11 is 0. The summed E-state index contributed by atoms with van der Waals surface area (Å²) in [6.45, 7) is 6.86. The Morgan fingerprint density at radius 1 is 1.04 bits per heavy atom. The first-order valence-corrected chi connectivity index (χ1v) is 8.93. The second kappa shape index (κ2) is 7.14. The Hall–Kier alpha value is -2.92. The van der Waals surface area contributed by atoms with E-state index < -0.39 is 0 Å². The number of aromatic nitrogens is 2. The Labute approximate surface area is 154 Å². The van der Waals surface area contributed by atoms with Gasteiger partial charge in [0.05, 0.1) is 17.6 Å². The third kappa shape index (κ3) is 3.26. The second-order valence-electron chi connectivity index (χ2n) is 6.65. The van der Waals surface area contributed by atoms with Crippen molar-refractivity contribution in [2.24, 2.45) is 0 Å². The minimum absolute atomic E-state index is 0.841. The molecule has 2 aromatic carbocycles. The van der Waals surface area contributed by atoms with E-state index in [1.165, 1.54) is 22.4 Å². The van der Waals surface area contributed by atoms with E-state index in [0.717, 1.165) is 36.8 Å². The van der Waals surface area contributed by atoms with Crippen LogP contribution in [0.2, 0.25) is 0 Å². The highest BCUT2D eigenvalue weighted by Gasteiger charge is 2.24. The van der Waals surface area contributed by atoms with Gasteiger partial charge in [-0.2, -0.15) is 0 Å². The van der Waals surface area contributed by atoms with Gasteiger partial charge in [-0.15, -0.1) is 0 Å². The first kappa shape index (κ1) is 16.5. The molecule has 1 aliphatic heterocycles. The van der Waals surface area contributed by atoms with Crippen LogP contribution in [0.3, 0.4) is 0 Å². The van der Waals surface area contributed by atoms with Gasteiger partial charge in [-0.1, -0.05) is 30.3 Å². The van der Waals surface area contributed by atoms with Crippen LogP contribution >= 0.6 is 0 Å². The largest absolute Gasteiger partial charge is 0.350 e. The van der Waals surface area contributed by atoms with Crippen molar-refractivity contribution in [3.05, 3.63) is 71.7 Å². The molecule has 0 bridgehead atoms. The number of benzene rings is 2. The van der Waals surface area contributed by atoms with Crippen molar-refractivity contribution in [3.63, 3.8) is 0 Å². The molecule has 0 spiro atoms. The number of hydrogen-bond acceptors (Lipinski definition) is 5. The van der Waals surface area contributed by atoms with Crippen LogP contribution in [0.25, 0.3) is 0 Å². The summed E-state index contributed by atoms with van der Waals surface area (Å²) in [5, 5.41) is 7.00. The van der Waals surface area contributed by atoms with Gasteiger partial charge in [-0.25, -0.2) is 9.97 Å². The lowest BCUT2D eigenvalue weighted by Gasteiger charge is -2.33. The van der Waals surface area contributed by atoms with Crippen molar-refractivity contribution in [1.82, 2.24) is 15.3 Å². The van der Waals surface area contributed by atoms with Gasteiger partial charge in [-0.05, 0) is 42.7 Å². The summed E-state index contributed by atoms with van der Waals surface area (Å²) in [6, 6.07) is 14.9. The lowest BCUT2D eigenvalue weighted by molar-refractivity contribution is 0.685. The Morgan fingerprint density at radius 2 is 1.85 bits per heavy atom. The minimum atomic E-state index is 0.841. The van der Waals surface area contributed by atoms with E-state index in [9.17, 15) is 0 Å². The number of fused-ring (bicyclic) bond motifs is 2. The van der Waals surface area contributed by atoms with Crippen molar-refractivity contribution >= 4 is 22.9 Å². The average Bonchev–Trinajstić information content (AvgIpc) is 2.66. The summed E-state index contributed by atoms with van der Waals surface area (Å²) in [4.78, 5) is 10.9. The van der Waals surface area contributed by atoms with Gasteiger partial charge >= 0.3 is 0 Å². The fourth-order valence-corrected chi connectivity index (χ4v) is 3.26. The molecule has 3 aromatic rings. The molecule has 5 nitrogen and oxygen atoms in total. The molecule has 1 aromatic heterocycles. The highest BCUT2D eigenvalue weighted by molar-refractivity contribution is 5.90. The highest BCUT2D eigenvalue weighted by atomic mass is 15.3. The monoisotopic (exact) mass is 345 g/mol. The van der Waals surface area contributed by atoms with Crippen LogP contribution in [-0.2, 0) is 6.54 Å². The molecule has 0 atom stereocenters. The van der Waals surface area contributed by atoms with Crippen molar-refractivity contribution in [2.75, 3.05) is 23.3 Å². The Bertz CT molecular complexity index is 908. The van der Waals surface area contributed by atoms with Crippen LogP contribution in [0.1, 0.15) is 16.7 Å². The zero-order chi connectivity index (χ0) is 17.9. The first-order chi connectivity index (χ1) is 12.7. The molecule has 0 saturated heterocycles. The van der Waals surface area contributed by atoms with Gasteiger partial charge in [-0.3, -0.25) is 0 Å². The third-order valence-corrected chi connectivity index (χ3v) is 4.80. The van der Waals surface area contributed by atoms with Crippen molar-refractivity contribution in [2.45, 2.75) is 20.4 Å². The molecule has 5 heteroatoms. The zero-order valence-electron chi connectivity index (χ0n) is 15.2. The molecule has 0 fully saturated rings. The predicted octanol–water partition coefficient (Wildman–Crippen LogP) is 4.08. The van der Waals surface area contributed by atoms with Crippen molar-refractivity contribution < 1.29 is 0 Å². The van der Waals surface area contributed by atoms with Gasteiger partial charge < -0.3 is 15.5 Å². The van der Waals surface area contributed by atoms with E-state index in [4.69, 9.17) is 0 Å². The lowest BCUT2D eigenvalue weighted by Crippen LogP contribution is -2.31. The maximum Gasteiger partial charge on any atom is 0.160 e. The quantitative estimate of drug-likeness (QED) is 0.683. The molecule has 0 saturated carbocycles. The van der Waals surface area contributed by atoms with Gasteiger partial charge in [0.1, 0.15) is 12.0 Å². The Kier molecular flexibility index (Phi) is 4.54. The van der Waals surface area contributed by atoms with E-state index in [0.29, 0.717) is 0 Å². The van der Waals surface area contributed by atoms with Gasteiger partial charge in [0.2, 0.25) is 0 Å².